The van der Waals surface area contributed by atoms with Gasteiger partial charge in [0.15, 0.2) is 0 Å². The highest BCUT2D eigenvalue weighted by Gasteiger charge is 2.13. The van der Waals surface area contributed by atoms with E-state index in [0.29, 0.717) is 5.88 Å². The quantitative estimate of drug-likeness (QED) is 0.915. The fraction of sp³-hybridized carbons (Fsp3) is 0.467. The summed E-state index contributed by atoms with van der Waals surface area (Å²) >= 11 is 0. The van der Waals surface area contributed by atoms with Crippen molar-refractivity contribution >= 4 is 11.0 Å². The molecule has 0 spiro atoms. The van der Waals surface area contributed by atoms with Crippen molar-refractivity contribution in [1.29, 1.82) is 0 Å². The van der Waals surface area contributed by atoms with Crippen molar-refractivity contribution in [3.8, 4) is 5.88 Å². The number of benzene rings is 1. The summed E-state index contributed by atoms with van der Waals surface area (Å²) in [4.78, 5) is 8.79. The van der Waals surface area contributed by atoms with Crippen molar-refractivity contribution in [3.05, 3.63) is 30.0 Å². The number of hydrogen-bond donors (Lipinski definition) is 1. The Morgan fingerprint density at radius 1 is 1.37 bits per heavy atom. The number of piperidine rings is 1. The second-order valence-corrected chi connectivity index (χ2v) is 5.15. The first-order chi connectivity index (χ1) is 9.35. The van der Waals surface area contributed by atoms with Crippen LogP contribution in [0.5, 0.6) is 5.88 Å². The molecule has 4 nitrogen and oxygen atoms in total. The summed E-state index contributed by atoms with van der Waals surface area (Å²) in [5, 5.41) is 3.46. The van der Waals surface area contributed by atoms with Crippen molar-refractivity contribution < 1.29 is 4.74 Å². The van der Waals surface area contributed by atoms with Gasteiger partial charge in [0.25, 0.3) is 0 Å². The van der Waals surface area contributed by atoms with E-state index in [-0.39, 0.29) is 0 Å². The van der Waals surface area contributed by atoms with Crippen LogP contribution in [0, 0.1) is 5.92 Å². The van der Waals surface area contributed by atoms with Crippen LogP contribution in [0.15, 0.2) is 24.4 Å². The molecule has 100 valence electrons. The molecule has 0 amide bonds. The summed E-state index contributed by atoms with van der Waals surface area (Å²) in [5.74, 6) is 1.31. The van der Waals surface area contributed by atoms with Crippen LogP contribution in [-0.4, -0.2) is 30.2 Å². The predicted molar refractivity (Wildman–Crippen MR) is 75.4 cm³/mol. The molecular weight excluding hydrogens is 238 g/mol. The summed E-state index contributed by atoms with van der Waals surface area (Å²) in [7, 11) is 1.61. The third-order valence-corrected chi connectivity index (χ3v) is 3.72. The van der Waals surface area contributed by atoms with E-state index >= 15 is 0 Å². The Labute approximate surface area is 113 Å². The largest absolute Gasteiger partial charge is 0.480 e. The molecule has 0 radical (unpaired) electrons. The smallest absolute Gasteiger partial charge is 0.232 e. The van der Waals surface area contributed by atoms with Gasteiger partial charge in [-0.05, 0) is 56.0 Å². The van der Waals surface area contributed by atoms with Crippen molar-refractivity contribution in [2.75, 3.05) is 20.2 Å². The number of rotatable bonds is 3. The third kappa shape index (κ3) is 2.84. The minimum atomic E-state index is 0.566. The average molecular weight is 257 g/mol. The molecular formula is C15H19N3O. The highest BCUT2D eigenvalue weighted by atomic mass is 16.5. The fourth-order valence-electron chi connectivity index (χ4n) is 2.70. The van der Waals surface area contributed by atoms with Gasteiger partial charge >= 0.3 is 0 Å². The minimum Gasteiger partial charge on any atom is -0.480 e. The van der Waals surface area contributed by atoms with Crippen molar-refractivity contribution in [2.24, 2.45) is 5.92 Å². The number of aromatic nitrogens is 2. The molecule has 2 aromatic rings. The van der Waals surface area contributed by atoms with Gasteiger partial charge in [-0.2, -0.15) is 0 Å². The molecule has 1 aromatic heterocycles. The first-order valence-corrected chi connectivity index (χ1v) is 6.85. The maximum absolute atomic E-state index is 5.09. The first kappa shape index (κ1) is 12.4. The van der Waals surface area contributed by atoms with Crippen molar-refractivity contribution in [2.45, 2.75) is 19.3 Å². The van der Waals surface area contributed by atoms with Gasteiger partial charge in [-0.1, -0.05) is 6.07 Å². The van der Waals surface area contributed by atoms with Gasteiger partial charge in [-0.25, -0.2) is 9.97 Å². The van der Waals surface area contributed by atoms with Crippen LogP contribution in [0.2, 0.25) is 0 Å². The Balaban J connectivity index is 1.80. The van der Waals surface area contributed by atoms with Gasteiger partial charge in [0, 0.05) is 0 Å². The fourth-order valence-corrected chi connectivity index (χ4v) is 2.70. The third-order valence-electron chi connectivity index (χ3n) is 3.72. The van der Waals surface area contributed by atoms with E-state index in [0.717, 1.165) is 29.9 Å². The second-order valence-electron chi connectivity index (χ2n) is 5.15. The predicted octanol–water partition coefficient (Wildman–Crippen LogP) is 2.18. The van der Waals surface area contributed by atoms with Crippen LogP contribution in [0.25, 0.3) is 11.0 Å². The van der Waals surface area contributed by atoms with E-state index in [1.54, 1.807) is 13.3 Å². The van der Waals surface area contributed by atoms with E-state index in [2.05, 4.69) is 27.4 Å². The lowest BCUT2D eigenvalue weighted by Crippen LogP contribution is -2.30. The number of fused-ring (bicyclic) bond motifs is 1. The molecule has 1 unspecified atom stereocenters. The van der Waals surface area contributed by atoms with Crippen LogP contribution in [0.4, 0.5) is 0 Å². The van der Waals surface area contributed by atoms with Crippen LogP contribution >= 0.6 is 0 Å². The molecule has 1 aromatic carbocycles. The van der Waals surface area contributed by atoms with Gasteiger partial charge in [0.05, 0.1) is 24.3 Å². The number of nitrogens with one attached hydrogen (secondary N) is 1. The summed E-state index contributed by atoms with van der Waals surface area (Å²) in [6, 6.07) is 6.35. The van der Waals surface area contributed by atoms with Crippen molar-refractivity contribution in [3.63, 3.8) is 0 Å². The monoisotopic (exact) mass is 257 g/mol. The molecule has 2 heterocycles. The Morgan fingerprint density at radius 3 is 3.11 bits per heavy atom. The second kappa shape index (κ2) is 5.53. The molecule has 4 heteroatoms. The summed E-state index contributed by atoms with van der Waals surface area (Å²) in [5.41, 5.74) is 3.19. The maximum Gasteiger partial charge on any atom is 0.232 e. The van der Waals surface area contributed by atoms with E-state index in [1.807, 2.05) is 6.07 Å². The summed E-state index contributed by atoms with van der Waals surface area (Å²) < 4.78 is 5.09. The molecule has 0 saturated carbocycles. The molecule has 1 aliphatic rings. The number of ether oxygens (including phenoxy) is 1. The molecule has 1 atom stereocenters. The Bertz CT molecular complexity index is 564. The average Bonchev–Trinajstić information content (AvgIpc) is 2.48. The molecule has 3 rings (SSSR count). The van der Waals surface area contributed by atoms with E-state index in [9.17, 15) is 0 Å². The Morgan fingerprint density at radius 2 is 2.32 bits per heavy atom. The highest BCUT2D eigenvalue weighted by molar-refractivity contribution is 5.75. The van der Waals surface area contributed by atoms with Crippen LogP contribution in [-0.2, 0) is 6.42 Å². The number of nitrogens with zero attached hydrogens (tertiary/aromatic N) is 2. The molecule has 1 saturated heterocycles. The first-order valence-electron chi connectivity index (χ1n) is 6.85. The lowest BCUT2D eigenvalue weighted by Gasteiger charge is -2.22. The zero-order chi connectivity index (χ0) is 13.1. The van der Waals surface area contributed by atoms with E-state index in [1.165, 1.54) is 24.9 Å². The van der Waals surface area contributed by atoms with Gasteiger partial charge in [0.1, 0.15) is 0 Å². The zero-order valence-corrected chi connectivity index (χ0v) is 11.2. The molecule has 1 aliphatic heterocycles. The molecule has 1 N–H and O–H groups in total. The highest BCUT2D eigenvalue weighted by Crippen LogP contribution is 2.20. The Kier molecular flexibility index (Phi) is 3.60. The van der Waals surface area contributed by atoms with E-state index < -0.39 is 0 Å². The molecule has 0 aliphatic carbocycles. The van der Waals surface area contributed by atoms with Crippen LogP contribution in [0.1, 0.15) is 18.4 Å². The molecule has 19 heavy (non-hydrogen) atoms. The van der Waals surface area contributed by atoms with Gasteiger partial charge in [-0.15, -0.1) is 0 Å². The lowest BCUT2D eigenvalue weighted by molar-refractivity contribution is 0.376. The SMILES string of the molecule is COc1cnc2cc(CC3CCCNC3)ccc2n1. The van der Waals surface area contributed by atoms with Crippen molar-refractivity contribution in [1.82, 2.24) is 15.3 Å². The van der Waals surface area contributed by atoms with Crippen LogP contribution < -0.4 is 10.1 Å². The molecule has 1 fully saturated rings. The number of methoxy groups -OCH3 is 1. The zero-order valence-electron chi connectivity index (χ0n) is 11.2. The van der Waals surface area contributed by atoms with Crippen LogP contribution in [0.3, 0.4) is 0 Å². The summed E-state index contributed by atoms with van der Waals surface area (Å²) in [6.07, 6.45) is 5.40. The normalized spacial score (nSPS) is 19.5. The van der Waals surface area contributed by atoms with Gasteiger partial charge < -0.3 is 10.1 Å². The summed E-state index contributed by atoms with van der Waals surface area (Å²) in [6.45, 7) is 2.30. The lowest BCUT2D eigenvalue weighted by atomic mass is 9.92. The molecule has 0 bridgehead atoms. The maximum atomic E-state index is 5.09. The van der Waals surface area contributed by atoms with Gasteiger partial charge in [0.2, 0.25) is 5.88 Å². The minimum absolute atomic E-state index is 0.566. The Hall–Kier alpha value is -1.68. The standard InChI is InChI=1S/C15H19N3O/c1-19-15-10-17-14-8-11(4-5-13(14)18-15)7-12-3-2-6-16-9-12/h4-5,8,10,12,16H,2-3,6-7,9H2,1H3. The topological polar surface area (TPSA) is 47.0 Å². The van der Waals surface area contributed by atoms with E-state index in [4.69, 9.17) is 4.74 Å². The van der Waals surface area contributed by atoms with Gasteiger partial charge in [-0.3, -0.25) is 0 Å². The number of hydrogen-bond acceptors (Lipinski definition) is 4.